The molecule has 2 rings (SSSR count). The molecule has 1 atom stereocenters. The summed E-state index contributed by atoms with van der Waals surface area (Å²) in [7, 11) is 1.56. The lowest BCUT2D eigenvalue weighted by molar-refractivity contribution is 0.193. The fourth-order valence-corrected chi connectivity index (χ4v) is 2.67. The Labute approximate surface area is 146 Å². The Hall–Kier alpha value is -2.44. The third-order valence-corrected chi connectivity index (χ3v) is 4.24. The molecule has 5 nitrogen and oxygen atoms in total. The van der Waals surface area contributed by atoms with Gasteiger partial charge in [-0.05, 0) is 51.5 Å². The van der Waals surface area contributed by atoms with E-state index in [1.807, 2.05) is 24.6 Å². The van der Waals surface area contributed by atoms with E-state index in [0.29, 0.717) is 13.1 Å². The zero-order valence-electron chi connectivity index (χ0n) is 15.0. The van der Waals surface area contributed by atoms with Crippen molar-refractivity contribution in [3.8, 4) is 0 Å². The van der Waals surface area contributed by atoms with Crippen molar-refractivity contribution in [2.45, 2.75) is 39.8 Å². The molecule has 0 aliphatic heterocycles. The van der Waals surface area contributed by atoms with Gasteiger partial charge in [-0.2, -0.15) is 5.10 Å². The minimum absolute atomic E-state index is 0.153. The fraction of sp³-hybridized carbons (Fsp3) is 0.444. The first-order valence-corrected chi connectivity index (χ1v) is 8.26. The predicted octanol–water partition coefficient (Wildman–Crippen LogP) is 3.57. The Balaban J connectivity index is 1.85. The van der Waals surface area contributed by atoms with Crippen molar-refractivity contribution in [3.63, 3.8) is 0 Å². The van der Waals surface area contributed by atoms with E-state index in [1.165, 1.54) is 4.90 Å². The summed E-state index contributed by atoms with van der Waals surface area (Å²) in [5.74, 6) is -1.06. The summed E-state index contributed by atoms with van der Waals surface area (Å²) in [4.78, 5) is 13.6. The zero-order valence-corrected chi connectivity index (χ0v) is 15.0. The summed E-state index contributed by atoms with van der Waals surface area (Å²) in [6, 6.07) is 4.34. The summed E-state index contributed by atoms with van der Waals surface area (Å²) in [6.45, 7) is 6.76. The maximum atomic E-state index is 13.8. The van der Waals surface area contributed by atoms with Crippen LogP contribution in [-0.2, 0) is 6.54 Å². The van der Waals surface area contributed by atoms with Crippen LogP contribution in [0.5, 0.6) is 0 Å². The van der Waals surface area contributed by atoms with E-state index < -0.39 is 17.7 Å². The minimum Gasteiger partial charge on any atom is -0.338 e. The standard InChI is InChI=1S/C18H24F2N4O/c1-12-10-13(2)24(22-12)9-5-8-21-18(25)23(4)14(3)16-11-15(19)6-7-17(16)20/h6-7,10-11,14H,5,8-9H2,1-4H3,(H,21,25). The molecule has 0 bridgehead atoms. The number of aromatic nitrogens is 2. The second-order valence-electron chi connectivity index (χ2n) is 6.19. The smallest absolute Gasteiger partial charge is 0.317 e. The Morgan fingerprint density at radius 2 is 2.04 bits per heavy atom. The molecule has 1 aromatic heterocycles. The van der Waals surface area contributed by atoms with E-state index >= 15 is 0 Å². The van der Waals surface area contributed by atoms with Crippen LogP contribution in [0.3, 0.4) is 0 Å². The molecule has 0 radical (unpaired) electrons. The highest BCUT2D eigenvalue weighted by atomic mass is 19.1. The molecule has 1 N–H and O–H groups in total. The molecule has 0 saturated carbocycles. The lowest BCUT2D eigenvalue weighted by Gasteiger charge is -2.26. The molecule has 25 heavy (non-hydrogen) atoms. The van der Waals surface area contributed by atoms with Gasteiger partial charge in [-0.3, -0.25) is 4.68 Å². The molecular weight excluding hydrogens is 326 g/mol. The van der Waals surface area contributed by atoms with Crippen molar-refractivity contribution in [1.29, 1.82) is 0 Å². The number of nitrogens with one attached hydrogen (secondary N) is 1. The number of nitrogens with zero attached hydrogens (tertiary/aromatic N) is 3. The van der Waals surface area contributed by atoms with Crippen molar-refractivity contribution >= 4 is 6.03 Å². The average Bonchev–Trinajstić information content (AvgIpc) is 2.89. The third kappa shape index (κ3) is 4.78. The van der Waals surface area contributed by atoms with Gasteiger partial charge < -0.3 is 10.2 Å². The molecule has 0 spiro atoms. The topological polar surface area (TPSA) is 50.2 Å². The number of aryl methyl sites for hydroxylation is 3. The molecule has 1 unspecified atom stereocenters. The number of amides is 2. The van der Waals surface area contributed by atoms with E-state index in [0.717, 1.165) is 36.0 Å². The summed E-state index contributed by atoms with van der Waals surface area (Å²) < 4.78 is 29.1. The highest BCUT2D eigenvalue weighted by Crippen LogP contribution is 2.22. The van der Waals surface area contributed by atoms with Gasteiger partial charge >= 0.3 is 6.03 Å². The SMILES string of the molecule is Cc1cc(C)n(CCCNC(=O)N(C)C(C)c2cc(F)ccc2F)n1. The van der Waals surface area contributed by atoms with Crippen LogP contribution >= 0.6 is 0 Å². The number of halogens is 2. The highest BCUT2D eigenvalue weighted by molar-refractivity contribution is 5.74. The monoisotopic (exact) mass is 350 g/mol. The van der Waals surface area contributed by atoms with Gasteiger partial charge in [0, 0.05) is 31.4 Å². The van der Waals surface area contributed by atoms with Gasteiger partial charge in [-0.1, -0.05) is 0 Å². The van der Waals surface area contributed by atoms with Gasteiger partial charge in [0.05, 0.1) is 11.7 Å². The van der Waals surface area contributed by atoms with E-state index in [9.17, 15) is 13.6 Å². The maximum Gasteiger partial charge on any atom is 0.317 e. The van der Waals surface area contributed by atoms with E-state index in [2.05, 4.69) is 10.4 Å². The molecule has 1 aromatic carbocycles. The number of carbonyl (C=O) groups excluding carboxylic acids is 1. The second kappa shape index (κ2) is 8.09. The molecule has 0 saturated heterocycles. The molecule has 136 valence electrons. The number of hydrogen-bond donors (Lipinski definition) is 1. The molecule has 7 heteroatoms. The number of urea groups is 1. The number of hydrogen-bond acceptors (Lipinski definition) is 2. The normalized spacial score (nSPS) is 12.1. The van der Waals surface area contributed by atoms with Crippen molar-refractivity contribution < 1.29 is 13.6 Å². The van der Waals surface area contributed by atoms with Crippen LogP contribution < -0.4 is 5.32 Å². The van der Waals surface area contributed by atoms with Crippen molar-refractivity contribution in [3.05, 3.63) is 52.9 Å². The molecule has 0 fully saturated rings. The Morgan fingerprint density at radius 3 is 2.68 bits per heavy atom. The highest BCUT2D eigenvalue weighted by Gasteiger charge is 2.20. The molecule has 1 heterocycles. The van der Waals surface area contributed by atoms with Crippen molar-refractivity contribution in [2.75, 3.05) is 13.6 Å². The Bertz CT molecular complexity index is 745. The fourth-order valence-electron chi connectivity index (χ4n) is 2.67. The van der Waals surface area contributed by atoms with Gasteiger partial charge in [0.1, 0.15) is 11.6 Å². The lowest BCUT2D eigenvalue weighted by Crippen LogP contribution is -2.39. The van der Waals surface area contributed by atoms with E-state index in [-0.39, 0.29) is 11.6 Å². The first-order chi connectivity index (χ1) is 11.8. The minimum atomic E-state index is -0.577. The Kier molecular flexibility index (Phi) is 6.12. The summed E-state index contributed by atoms with van der Waals surface area (Å²) in [5, 5.41) is 7.16. The molecular formula is C18H24F2N4O. The van der Waals surface area contributed by atoms with Gasteiger partial charge in [-0.15, -0.1) is 0 Å². The second-order valence-corrected chi connectivity index (χ2v) is 6.19. The number of benzene rings is 1. The summed E-state index contributed by atoms with van der Waals surface area (Å²) in [5.41, 5.74) is 2.20. The first kappa shape index (κ1) is 18.9. The summed E-state index contributed by atoms with van der Waals surface area (Å²) in [6.07, 6.45) is 0.726. The van der Waals surface area contributed by atoms with Crippen LogP contribution in [0.2, 0.25) is 0 Å². The van der Waals surface area contributed by atoms with Crippen LogP contribution in [0, 0.1) is 25.5 Å². The Morgan fingerprint density at radius 1 is 1.32 bits per heavy atom. The van der Waals surface area contributed by atoms with Gasteiger partial charge in [-0.25, -0.2) is 13.6 Å². The first-order valence-electron chi connectivity index (χ1n) is 8.26. The zero-order chi connectivity index (χ0) is 18.6. The van der Waals surface area contributed by atoms with Crippen LogP contribution in [0.4, 0.5) is 13.6 Å². The number of rotatable bonds is 6. The predicted molar refractivity (Wildman–Crippen MR) is 92.3 cm³/mol. The molecule has 2 aromatic rings. The van der Waals surface area contributed by atoms with Crippen LogP contribution in [-0.4, -0.2) is 34.3 Å². The molecule has 0 aliphatic carbocycles. The van der Waals surface area contributed by atoms with E-state index in [1.54, 1.807) is 14.0 Å². The van der Waals surface area contributed by atoms with Gasteiger partial charge in [0.15, 0.2) is 0 Å². The largest absolute Gasteiger partial charge is 0.338 e. The van der Waals surface area contributed by atoms with E-state index in [4.69, 9.17) is 0 Å². The average molecular weight is 350 g/mol. The lowest BCUT2D eigenvalue weighted by atomic mass is 10.1. The van der Waals surface area contributed by atoms with Crippen LogP contribution in [0.25, 0.3) is 0 Å². The number of carbonyl (C=O) groups is 1. The van der Waals surface area contributed by atoms with Gasteiger partial charge in [0.25, 0.3) is 0 Å². The third-order valence-electron chi connectivity index (χ3n) is 4.24. The molecule has 0 aliphatic rings. The van der Waals surface area contributed by atoms with Crippen LogP contribution in [0.1, 0.15) is 36.3 Å². The van der Waals surface area contributed by atoms with Crippen molar-refractivity contribution in [2.24, 2.45) is 0 Å². The van der Waals surface area contributed by atoms with Gasteiger partial charge in [0.2, 0.25) is 0 Å². The van der Waals surface area contributed by atoms with Crippen LogP contribution in [0.15, 0.2) is 24.3 Å². The maximum absolute atomic E-state index is 13.8. The summed E-state index contributed by atoms with van der Waals surface area (Å²) >= 11 is 0. The van der Waals surface area contributed by atoms with Crippen molar-refractivity contribution in [1.82, 2.24) is 20.0 Å². The molecule has 2 amide bonds. The quantitative estimate of drug-likeness (QED) is 0.810.